The summed E-state index contributed by atoms with van der Waals surface area (Å²) in [5.41, 5.74) is 6.07. The van der Waals surface area contributed by atoms with Crippen LogP contribution in [0.1, 0.15) is 36.0 Å². The Bertz CT molecular complexity index is 921. The number of hydroxylamine groups is 2. The normalized spacial score (nSPS) is 16.2. The van der Waals surface area contributed by atoms with Gasteiger partial charge in [-0.2, -0.15) is 0 Å². The minimum atomic E-state index is -0.573. The van der Waals surface area contributed by atoms with Gasteiger partial charge in [0.25, 0.3) is 5.91 Å². The lowest BCUT2D eigenvalue weighted by Crippen LogP contribution is -2.44. The summed E-state index contributed by atoms with van der Waals surface area (Å²) >= 11 is 6.03. The third-order valence-corrected chi connectivity index (χ3v) is 6.07. The first kappa shape index (κ1) is 23.0. The highest BCUT2D eigenvalue weighted by Crippen LogP contribution is 2.39. The average molecular weight is 444 g/mol. The van der Waals surface area contributed by atoms with Crippen LogP contribution >= 0.6 is 11.6 Å². The van der Waals surface area contributed by atoms with Gasteiger partial charge in [0.1, 0.15) is 0 Å². The predicted molar refractivity (Wildman–Crippen MR) is 118 cm³/mol. The first-order valence-electron chi connectivity index (χ1n) is 10.1. The molecular formula is C23H26ClN3O4. The van der Waals surface area contributed by atoms with Crippen LogP contribution in [0.3, 0.4) is 0 Å². The van der Waals surface area contributed by atoms with E-state index in [1.165, 1.54) is 6.08 Å². The first-order valence-corrected chi connectivity index (χ1v) is 10.4. The Kier molecular flexibility index (Phi) is 7.81. The van der Waals surface area contributed by atoms with Crippen LogP contribution in [-0.4, -0.2) is 40.2 Å². The largest absolute Gasteiger partial charge is 0.299 e. The standard InChI is InChI=1S/C23H26ClN3O4/c24-20-8-6-19(7-9-20)23(15-22(29)26-31)11-13-27(14-12-23)16-18-3-1-17(2-4-18)5-10-21(28)25-30/h1-10,30-31H,11-16H2,(H,25,28)(H,26,29)/b10-5+. The molecule has 1 aliphatic heterocycles. The molecule has 2 amide bonds. The molecule has 1 saturated heterocycles. The van der Waals surface area contributed by atoms with Gasteiger partial charge in [-0.25, -0.2) is 11.0 Å². The van der Waals surface area contributed by atoms with Crippen molar-refractivity contribution >= 4 is 29.5 Å². The van der Waals surface area contributed by atoms with Gasteiger partial charge in [-0.15, -0.1) is 0 Å². The monoisotopic (exact) mass is 443 g/mol. The Morgan fingerprint density at radius 2 is 1.65 bits per heavy atom. The third-order valence-electron chi connectivity index (χ3n) is 5.82. The molecule has 3 rings (SSSR count). The maximum Gasteiger partial charge on any atom is 0.267 e. The molecule has 0 radical (unpaired) electrons. The Hall–Kier alpha value is -2.71. The first-order chi connectivity index (χ1) is 14.9. The van der Waals surface area contributed by atoms with Crippen LogP contribution in [0, 0.1) is 0 Å². The molecule has 0 atom stereocenters. The zero-order valence-corrected chi connectivity index (χ0v) is 17.8. The summed E-state index contributed by atoms with van der Waals surface area (Å²) in [6, 6.07) is 15.5. The molecule has 2 aromatic rings. The molecule has 0 spiro atoms. The van der Waals surface area contributed by atoms with Crippen molar-refractivity contribution in [1.82, 2.24) is 15.9 Å². The van der Waals surface area contributed by atoms with Crippen LogP contribution in [0.5, 0.6) is 0 Å². The van der Waals surface area contributed by atoms with Crippen LogP contribution < -0.4 is 11.0 Å². The van der Waals surface area contributed by atoms with Crippen LogP contribution in [-0.2, 0) is 21.5 Å². The second-order valence-electron chi connectivity index (χ2n) is 7.83. The Labute approximate surface area is 186 Å². The number of rotatable bonds is 7. The fourth-order valence-corrected chi connectivity index (χ4v) is 4.18. The van der Waals surface area contributed by atoms with E-state index in [9.17, 15) is 9.59 Å². The molecule has 1 heterocycles. The number of likely N-dealkylation sites (tertiary alicyclic amines) is 1. The van der Waals surface area contributed by atoms with E-state index in [0.29, 0.717) is 5.02 Å². The molecule has 0 aromatic heterocycles. The van der Waals surface area contributed by atoms with Crippen molar-refractivity contribution in [2.75, 3.05) is 13.1 Å². The molecule has 7 nitrogen and oxygen atoms in total. The second-order valence-corrected chi connectivity index (χ2v) is 8.26. The second kappa shape index (κ2) is 10.5. The van der Waals surface area contributed by atoms with Crippen LogP contribution in [0.4, 0.5) is 0 Å². The van der Waals surface area contributed by atoms with E-state index >= 15 is 0 Å². The van der Waals surface area contributed by atoms with Gasteiger partial charge in [-0.05, 0) is 60.8 Å². The molecule has 31 heavy (non-hydrogen) atoms. The van der Waals surface area contributed by atoms with E-state index in [1.807, 2.05) is 48.5 Å². The zero-order chi connectivity index (χ0) is 22.3. The van der Waals surface area contributed by atoms with Gasteiger partial charge in [0.05, 0.1) is 0 Å². The summed E-state index contributed by atoms with van der Waals surface area (Å²) < 4.78 is 0. The van der Waals surface area contributed by atoms with E-state index in [1.54, 1.807) is 17.0 Å². The third kappa shape index (κ3) is 6.15. The van der Waals surface area contributed by atoms with E-state index in [-0.39, 0.29) is 17.7 Å². The molecular weight excluding hydrogens is 418 g/mol. The topological polar surface area (TPSA) is 102 Å². The maximum atomic E-state index is 12.0. The molecule has 2 aromatic carbocycles. The van der Waals surface area contributed by atoms with Gasteiger partial charge in [-0.3, -0.25) is 24.9 Å². The average Bonchev–Trinajstić information content (AvgIpc) is 2.80. The summed E-state index contributed by atoms with van der Waals surface area (Å²) in [6.45, 7) is 2.42. The van der Waals surface area contributed by atoms with Gasteiger partial charge in [0.15, 0.2) is 0 Å². The highest BCUT2D eigenvalue weighted by molar-refractivity contribution is 6.30. The number of hydrogen-bond acceptors (Lipinski definition) is 5. The van der Waals surface area contributed by atoms with Crippen molar-refractivity contribution in [2.45, 2.75) is 31.2 Å². The number of benzene rings is 2. The number of amides is 2. The predicted octanol–water partition coefficient (Wildman–Crippen LogP) is 3.29. The molecule has 8 heteroatoms. The number of nitrogens with one attached hydrogen (secondary N) is 2. The Morgan fingerprint density at radius 1 is 1.00 bits per heavy atom. The van der Waals surface area contributed by atoms with E-state index in [0.717, 1.165) is 49.2 Å². The van der Waals surface area contributed by atoms with Gasteiger partial charge in [0.2, 0.25) is 5.91 Å². The molecule has 0 saturated carbocycles. The van der Waals surface area contributed by atoms with Crippen LogP contribution in [0.2, 0.25) is 5.02 Å². The zero-order valence-electron chi connectivity index (χ0n) is 17.1. The maximum absolute atomic E-state index is 12.0. The number of carbonyl (C=O) groups is 2. The van der Waals surface area contributed by atoms with Gasteiger partial charge >= 0.3 is 0 Å². The van der Waals surface area contributed by atoms with Crippen LogP contribution in [0.25, 0.3) is 6.08 Å². The molecule has 4 N–H and O–H groups in total. The Balaban J connectivity index is 1.64. The van der Waals surface area contributed by atoms with Crippen molar-refractivity contribution < 1.29 is 20.0 Å². The summed E-state index contributed by atoms with van der Waals surface area (Å²) in [4.78, 5) is 25.4. The highest BCUT2D eigenvalue weighted by atomic mass is 35.5. The number of hydrogen-bond donors (Lipinski definition) is 4. The summed E-state index contributed by atoms with van der Waals surface area (Å²) in [6.07, 6.45) is 4.70. The molecule has 0 unspecified atom stereocenters. The summed E-state index contributed by atoms with van der Waals surface area (Å²) in [5.74, 6) is -0.960. The number of piperidine rings is 1. The minimum absolute atomic E-state index is 0.224. The highest BCUT2D eigenvalue weighted by Gasteiger charge is 2.38. The van der Waals surface area contributed by atoms with Gasteiger partial charge < -0.3 is 0 Å². The smallest absolute Gasteiger partial charge is 0.267 e. The molecule has 164 valence electrons. The van der Waals surface area contributed by atoms with Gasteiger partial charge in [-0.1, -0.05) is 48.0 Å². The van der Waals surface area contributed by atoms with E-state index < -0.39 is 5.91 Å². The van der Waals surface area contributed by atoms with E-state index in [4.69, 9.17) is 22.0 Å². The fourth-order valence-electron chi connectivity index (χ4n) is 4.06. The summed E-state index contributed by atoms with van der Waals surface area (Å²) in [7, 11) is 0. The van der Waals surface area contributed by atoms with Crippen molar-refractivity contribution in [1.29, 1.82) is 0 Å². The molecule has 1 fully saturated rings. The van der Waals surface area contributed by atoms with Crippen LogP contribution in [0.15, 0.2) is 54.6 Å². The van der Waals surface area contributed by atoms with Gasteiger partial charge in [0, 0.05) is 29.5 Å². The minimum Gasteiger partial charge on any atom is -0.299 e. The fraction of sp³-hybridized carbons (Fsp3) is 0.304. The lowest BCUT2D eigenvalue weighted by atomic mass is 9.70. The quantitative estimate of drug-likeness (QED) is 0.299. The SMILES string of the molecule is O=C(/C=C/c1ccc(CN2CCC(CC(=O)NO)(c3ccc(Cl)cc3)CC2)cc1)NO. The Morgan fingerprint density at radius 3 is 2.23 bits per heavy atom. The summed E-state index contributed by atoms with van der Waals surface area (Å²) in [5, 5.41) is 18.2. The number of halogens is 1. The molecule has 0 aliphatic carbocycles. The van der Waals surface area contributed by atoms with Crippen molar-refractivity contribution in [2.24, 2.45) is 0 Å². The molecule has 1 aliphatic rings. The van der Waals surface area contributed by atoms with Crippen molar-refractivity contribution in [3.05, 3.63) is 76.3 Å². The van der Waals surface area contributed by atoms with Crippen molar-refractivity contribution in [3.8, 4) is 0 Å². The lowest BCUT2D eigenvalue weighted by molar-refractivity contribution is -0.131. The van der Waals surface area contributed by atoms with E-state index in [2.05, 4.69) is 4.90 Å². The lowest BCUT2D eigenvalue weighted by Gasteiger charge is -2.42. The van der Waals surface area contributed by atoms with Crippen molar-refractivity contribution in [3.63, 3.8) is 0 Å². The number of nitrogens with zero attached hydrogens (tertiary/aromatic N) is 1. The number of carbonyl (C=O) groups excluding carboxylic acids is 2. The molecule has 0 bridgehead atoms.